The number of halogens is 1. The summed E-state index contributed by atoms with van der Waals surface area (Å²) < 4.78 is 0.878. The molecule has 25 heavy (non-hydrogen) atoms. The van der Waals surface area contributed by atoms with Gasteiger partial charge < -0.3 is 15.2 Å². The molecule has 0 spiro atoms. The minimum Gasteiger partial charge on any atom is -0.351 e. The van der Waals surface area contributed by atoms with Gasteiger partial charge in [-0.15, -0.1) is 0 Å². The van der Waals surface area contributed by atoms with Crippen LogP contribution in [0, 0.1) is 0 Å². The summed E-state index contributed by atoms with van der Waals surface area (Å²) in [7, 11) is 0. The fourth-order valence-corrected chi connectivity index (χ4v) is 3.81. The molecule has 0 saturated carbocycles. The molecule has 0 fully saturated rings. The maximum atomic E-state index is 12.7. The maximum Gasteiger partial charge on any atom is 0.272 e. The Bertz CT molecular complexity index is 976. The van der Waals surface area contributed by atoms with E-state index in [2.05, 4.69) is 26.2 Å². The normalized spacial score (nSPS) is 13.1. The minimum absolute atomic E-state index is 0.0258. The van der Waals surface area contributed by atoms with E-state index >= 15 is 0 Å². The molecule has 3 aromatic rings. The van der Waals surface area contributed by atoms with Crippen LogP contribution in [-0.4, -0.2) is 23.3 Å². The van der Waals surface area contributed by atoms with E-state index in [1.807, 2.05) is 42.5 Å². The second-order valence-corrected chi connectivity index (χ2v) is 7.02. The fourth-order valence-electron chi connectivity index (χ4n) is 3.30. The fraction of sp³-hybridized carbons (Fsp3) is 0.158. The first-order valence-corrected chi connectivity index (χ1v) is 8.82. The average molecular weight is 398 g/mol. The molecule has 0 atom stereocenters. The van der Waals surface area contributed by atoms with E-state index in [4.69, 9.17) is 0 Å². The first kappa shape index (κ1) is 15.9. The maximum absolute atomic E-state index is 12.7. The summed E-state index contributed by atoms with van der Waals surface area (Å²) in [4.78, 5) is 29.5. The number of hydrogen-bond donors (Lipinski definition) is 2. The Morgan fingerprint density at radius 3 is 2.76 bits per heavy atom. The molecule has 2 amide bonds. The first-order chi connectivity index (χ1) is 12.0. The molecule has 0 radical (unpaired) electrons. The number of carbonyl (C=O) groups excluding carboxylic acids is 2. The highest BCUT2D eigenvalue weighted by Gasteiger charge is 2.27. The number of nitrogens with one attached hydrogen (secondary N) is 2. The quantitative estimate of drug-likeness (QED) is 0.683. The average Bonchev–Trinajstić information content (AvgIpc) is 3.18. The summed E-state index contributed by atoms with van der Waals surface area (Å²) in [6.07, 6.45) is 0.781. The highest BCUT2D eigenvalue weighted by Crippen LogP contribution is 2.38. The molecule has 4 rings (SSSR count). The summed E-state index contributed by atoms with van der Waals surface area (Å²) in [5.41, 5.74) is 3.89. The van der Waals surface area contributed by atoms with Crippen LogP contribution in [0.3, 0.4) is 0 Å². The van der Waals surface area contributed by atoms with Gasteiger partial charge in [0.15, 0.2) is 0 Å². The number of anilines is 2. The third kappa shape index (κ3) is 2.82. The summed E-state index contributed by atoms with van der Waals surface area (Å²) >= 11 is 3.48. The third-order valence-electron chi connectivity index (χ3n) is 4.43. The molecule has 0 bridgehead atoms. The number of aromatic amines is 1. The number of fused-ring (bicyclic) bond motifs is 2. The molecule has 126 valence electrons. The molecule has 1 aromatic heterocycles. The number of H-pyrrole nitrogens is 1. The van der Waals surface area contributed by atoms with Crippen LogP contribution in [0.2, 0.25) is 0 Å². The van der Waals surface area contributed by atoms with Crippen molar-refractivity contribution in [2.45, 2.75) is 13.3 Å². The van der Waals surface area contributed by atoms with Crippen molar-refractivity contribution in [2.24, 2.45) is 0 Å². The van der Waals surface area contributed by atoms with Gasteiger partial charge in [0.1, 0.15) is 5.69 Å². The van der Waals surface area contributed by atoms with Gasteiger partial charge in [0.2, 0.25) is 5.91 Å². The lowest BCUT2D eigenvalue weighted by atomic mass is 10.1. The topological polar surface area (TPSA) is 65.2 Å². The Kier molecular flexibility index (Phi) is 3.84. The largest absolute Gasteiger partial charge is 0.351 e. The summed E-state index contributed by atoms with van der Waals surface area (Å²) in [6, 6.07) is 13.4. The lowest BCUT2D eigenvalue weighted by Crippen LogP contribution is -2.27. The number of hydrogen-bond acceptors (Lipinski definition) is 2. The van der Waals surface area contributed by atoms with E-state index in [-0.39, 0.29) is 11.8 Å². The van der Waals surface area contributed by atoms with Crippen LogP contribution >= 0.6 is 15.9 Å². The number of rotatable bonds is 2. The van der Waals surface area contributed by atoms with Crippen molar-refractivity contribution in [3.8, 4) is 0 Å². The standard InChI is InChI=1S/C19H16BrN3O2/c1-11(24)23-7-6-13-8-14(20)10-16(18(13)23)22-19(25)17-9-12-4-2-3-5-15(12)21-17/h2-5,8-10,21H,6-7H2,1H3,(H,22,25). The molecule has 0 aliphatic carbocycles. The van der Waals surface area contributed by atoms with Crippen molar-refractivity contribution < 1.29 is 9.59 Å². The van der Waals surface area contributed by atoms with Crippen molar-refractivity contribution in [3.63, 3.8) is 0 Å². The zero-order chi connectivity index (χ0) is 17.6. The SMILES string of the molecule is CC(=O)N1CCc2cc(Br)cc(NC(=O)c3cc4ccccc4[nH]3)c21. The monoisotopic (exact) mass is 397 g/mol. The van der Waals surface area contributed by atoms with Gasteiger partial charge >= 0.3 is 0 Å². The lowest BCUT2D eigenvalue weighted by molar-refractivity contribution is -0.116. The zero-order valence-electron chi connectivity index (χ0n) is 13.6. The van der Waals surface area contributed by atoms with Crippen LogP contribution in [0.5, 0.6) is 0 Å². The van der Waals surface area contributed by atoms with E-state index < -0.39 is 0 Å². The van der Waals surface area contributed by atoms with Crippen LogP contribution < -0.4 is 10.2 Å². The predicted octanol–water partition coefficient (Wildman–Crippen LogP) is 4.09. The van der Waals surface area contributed by atoms with Crippen LogP contribution in [0.4, 0.5) is 11.4 Å². The Morgan fingerprint density at radius 1 is 1.20 bits per heavy atom. The second kappa shape index (κ2) is 6.04. The molecule has 2 aromatic carbocycles. The predicted molar refractivity (Wildman–Crippen MR) is 102 cm³/mol. The molecule has 1 aliphatic rings. The zero-order valence-corrected chi connectivity index (χ0v) is 15.2. The molecule has 5 nitrogen and oxygen atoms in total. The molecule has 0 unspecified atom stereocenters. The van der Waals surface area contributed by atoms with Crippen molar-refractivity contribution in [1.82, 2.24) is 4.98 Å². The molecule has 6 heteroatoms. The Labute approximate surface area is 153 Å². The van der Waals surface area contributed by atoms with Crippen molar-refractivity contribution in [3.05, 3.63) is 58.2 Å². The van der Waals surface area contributed by atoms with E-state index in [1.54, 1.807) is 11.8 Å². The van der Waals surface area contributed by atoms with Gasteiger partial charge in [-0.1, -0.05) is 34.1 Å². The van der Waals surface area contributed by atoms with Gasteiger partial charge in [-0.25, -0.2) is 0 Å². The number of carbonyl (C=O) groups is 2. The molecule has 2 N–H and O–H groups in total. The number of nitrogens with zero attached hydrogens (tertiary/aromatic N) is 1. The van der Waals surface area contributed by atoms with E-state index in [0.29, 0.717) is 17.9 Å². The van der Waals surface area contributed by atoms with Gasteiger partial charge in [-0.3, -0.25) is 9.59 Å². The summed E-state index contributed by atoms with van der Waals surface area (Å²) in [5, 5.41) is 3.93. The Morgan fingerprint density at radius 2 is 2.00 bits per heavy atom. The van der Waals surface area contributed by atoms with Gasteiger partial charge in [-0.2, -0.15) is 0 Å². The molecular weight excluding hydrogens is 382 g/mol. The molecule has 0 saturated heterocycles. The summed E-state index contributed by atoms with van der Waals surface area (Å²) in [6.45, 7) is 2.18. The lowest BCUT2D eigenvalue weighted by Gasteiger charge is -2.19. The third-order valence-corrected chi connectivity index (χ3v) is 4.89. The van der Waals surface area contributed by atoms with Crippen molar-refractivity contribution in [2.75, 3.05) is 16.8 Å². The number of aromatic nitrogens is 1. The highest BCUT2D eigenvalue weighted by atomic mass is 79.9. The first-order valence-electron chi connectivity index (χ1n) is 8.02. The van der Waals surface area contributed by atoms with Gasteiger partial charge in [0.25, 0.3) is 5.91 Å². The number of para-hydroxylation sites is 1. The second-order valence-electron chi connectivity index (χ2n) is 6.11. The Hall–Kier alpha value is -2.60. The van der Waals surface area contributed by atoms with E-state index in [0.717, 1.165) is 33.0 Å². The van der Waals surface area contributed by atoms with Gasteiger partial charge in [0.05, 0.1) is 11.4 Å². The van der Waals surface area contributed by atoms with E-state index in [9.17, 15) is 9.59 Å². The van der Waals surface area contributed by atoms with Gasteiger partial charge in [0, 0.05) is 28.8 Å². The molecule has 2 heterocycles. The van der Waals surface area contributed by atoms with Crippen LogP contribution in [-0.2, 0) is 11.2 Å². The van der Waals surface area contributed by atoms with Crippen molar-refractivity contribution in [1.29, 1.82) is 0 Å². The number of benzene rings is 2. The minimum atomic E-state index is -0.230. The van der Waals surface area contributed by atoms with E-state index in [1.165, 1.54) is 0 Å². The summed E-state index contributed by atoms with van der Waals surface area (Å²) in [5.74, 6) is -0.255. The van der Waals surface area contributed by atoms with Crippen LogP contribution in [0.1, 0.15) is 23.0 Å². The molecular formula is C19H16BrN3O2. The van der Waals surface area contributed by atoms with Crippen molar-refractivity contribution >= 4 is 50.0 Å². The van der Waals surface area contributed by atoms with Crippen LogP contribution in [0.15, 0.2) is 46.9 Å². The Balaban J connectivity index is 1.71. The highest BCUT2D eigenvalue weighted by molar-refractivity contribution is 9.10. The van der Waals surface area contributed by atoms with Crippen LogP contribution in [0.25, 0.3) is 10.9 Å². The number of amides is 2. The smallest absolute Gasteiger partial charge is 0.272 e. The molecule has 1 aliphatic heterocycles. The van der Waals surface area contributed by atoms with Gasteiger partial charge in [-0.05, 0) is 36.2 Å².